The number of rotatable bonds is 7. The molecular formula is C17H18Cl2FN3O3. The third-order valence-electron chi connectivity index (χ3n) is 3.53. The number of carbonyl (C=O) groups excluding carboxylic acids is 2. The van der Waals surface area contributed by atoms with Crippen molar-refractivity contribution < 1.29 is 18.7 Å². The minimum Gasteiger partial charge on any atom is -0.452 e. The van der Waals surface area contributed by atoms with Gasteiger partial charge in [0.05, 0.1) is 11.4 Å². The SMILES string of the molecule is CCCCn1nc(C)c(C(=O)OCC(=O)Nc2cc(Cl)ccc2F)c1Cl. The van der Waals surface area contributed by atoms with Crippen LogP contribution in [0.2, 0.25) is 10.2 Å². The van der Waals surface area contributed by atoms with Gasteiger partial charge in [0.25, 0.3) is 5.91 Å². The summed E-state index contributed by atoms with van der Waals surface area (Å²) in [5.74, 6) is -2.12. The quantitative estimate of drug-likeness (QED) is 0.704. The summed E-state index contributed by atoms with van der Waals surface area (Å²) in [7, 11) is 0. The van der Waals surface area contributed by atoms with Crippen molar-refractivity contribution in [2.45, 2.75) is 33.2 Å². The maximum Gasteiger partial charge on any atom is 0.343 e. The predicted molar refractivity (Wildman–Crippen MR) is 97.2 cm³/mol. The molecule has 0 aliphatic heterocycles. The van der Waals surface area contributed by atoms with E-state index in [0.29, 0.717) is 12.2 Å². The van der Waals surface area contributed by atoms with Gasteiger partial charge >= 0.3 is 5.97 Å². The fourth-order valence-electron chi connectivity index (χ4n) is 2.22. The number of esters is 1. The van der Waals surface area contributed by atoms with E-state index in [1.807, 2.05) is 6.92 Å². The van der Waals surface area contributed by atoms with Crippen LogP contribution < -0.4 is 5.32 Å². The van der Waals surface area contributed by atoms with E-state index < -0.39 is 24.3 Å². The molecule has 9 heteroatoms. The van der Waals surface area contributed by atoms with Crippen molar-refractivity contribution in [3.63, 3.8) is 0 Å². The van der Waals surface area contributed by atoms with Crippen molar-refractivity contribution in [2.75, 3.05) is 11.9 Å². The fourth-order valence-corrected chi connectivity index (χ4v) is 2.73. The predicted octanol–water partition coefficient (Wildman–Crippen LogP) is 4.23. The molecule has 0 unspecified atom stereocenters. The van der Waals surface area contributed by atoms with Gasteiger partial charge in [-0.15, -0.1) is 0 Å². The molecule has 1 aromatic heterocycles. The second kappa shape index (κ2) is 9.00. The zero-order valence-corrected chi connectivity index (χ0v) is 15.8. The number of aryl methyl sites for hydroxylation is 2. The highest BCUT2D eigenvalue weighted by Crippen LogP contribution is 2.22. The van der Waals surface area contributed by atoms with E-state index in [2.05, 4.69) is 10.4 Å². The summed E-state index contributed by atoms with van der Waals surface area (Å²) in [6.07, 6.45) is 1.82. The number of amides is 1. The molecule has 0 radical (unpaired) electrons. The van der Waals surface area contributed by atoms with Crippen molar-refractivity contribution >= 4 is 40.8 Å². The molecule has 2 rings (SSSR count). The lowest BCUT2D eigenvalue weighted by atomic mass is 10.2. The van der Waals surface area contributed by atoms with Crippen LogP contribution in [0.4, 0.5) is 10.1 Å². The molecule has 6 nitrogen and oxygen atoms in total. The largest absolute Gasteiger partial charge is 0.452 e. The van der Waals surface area contributed by atoms with Gasteiger partial charge in [0, 0.05) is 11.6 Å². The summed E-state index contributed by atoms with van der Waals surface area (Å²) in [6.45, 7) is 3.64. The number of nitrogens with one attached hydrogen (secondary N) is 1. The van der Waals surface area contributed by atoms with Gasteiger partial charge in [-0.05, 0) is 31.5 Å². The average Bonchev–Trinajstić information content (AvgIpc) is 2.88. The molecule has 1 heterocycles. The Morgan fingerprint density at radius 1 is 1.35 bits per heavy atom. The Hall–Kier alpha value is -2.12. The second-order valence-electron chi connectivity index (χ2n) is 5.58. The van der Waals surface area contributed by atoms with Crippen LogP contribution in [0.3, 0.4) is 0 Å². The van der Waals surface area contributed by atoms with Crippen LogP contribution in [0.25, 0.3) is 0 Å². The number of nitrogens with zero attached hydrogens (tertiary/aromatic N) is 2. The maximum atomic E-state index is 13.6. The number of hydrogen-bond donors (Lipinski definition) is 1. The minimum absolute atomic E-state index is 0.0971. The molecular weight excluding hydrogens is 384 g/mol. The van der Waals surface area contributed by atoms with Gasteiger partial charge in [0.15, 0.2) is 6.61 Å². The molecule has 0 bridgehead atoms. The van der Waals surface area contributed by atoms with Crippen LogP contribution in [0.15, 0.2) is 18.2 Å². The van der Waals surface area contributed by atoms with Crippen LogP contribution in [-0.4, -0.2) is 28.3 Å². The summed E-state index contributed by atoms with van der Waals surface area (Å²) < 4.78 is 20.1. The number of benzene rings is 1. The Kier molecular flexibility index (Phi) is 6.99. The first-order valence-corrected chi connectivity index (χ1v) is 8.74. The highest BCUT2D eigenvalue weighted by Gasteiger charge is 2.22. The van der Waals surface area contributed by atoms with Gasteiger partial charge in [-0.25, -0.2) is 9.18 Å². The molecule has 2 aromatic rings. The summed E-state index contributed by atoms with van der Waals surface area (Å²) >= 11 is 11.9. The molecule has 1 aromatic carbocycles. The number of aromatic nitrogens is 2. The van der Waals surface area contributed by atoms with E-state index >= 15 is 0 Å². The summed E-state index contributed by atoms with van der Waals surface area (Å²) in [5, 5.41) is 6.93. The standard InChI is InChI=1S/C17H18Cl2FN3O3/c1-3-4-7-23-16(19)15(10(2)22-23)17(25)26-9-14(24)21-13-8-11(18)5-6-12(13)20/h5-6,8H,3-4,7,9H2,1-2H3,(H,21,24). The first-order chi connectivity index (χ1) is 12.3. The first kappa shape index (κ1) is 20.2. The third kappa shape index (κ3) is 4.95. The molecule has 0 saturated carbocycles. The fraction of sp³-hybridized carbons (Fsp3) is 0.353. The summed E-state index contributed by atoms with van der Waals surface area (Å²) in [6, 6.07) is 3.74. The number of hydrogen-bond acceptors (Lipinski definition) is 4. The lowest BCUT2D eigenvalue weighted by Gasteiger charge is -2.08. The average molecular weight is 402 g/mol. The summed E-state index contributed by atoms with van der Waals surface area (Å²) in [5.41, 5.74) is 0.432. The Morgan fingerprint density at radius 2 is 2.08 bits per heavy atom. The van der Waals surface area contributed by atoms with E-state index in [1.165, 1.54) is 16.8 Å². The van der Waals surface area contributed by atoms with Crippen LogP contribution in [0.1, 0.15) is 35.8 Å². The topological polar surface area (TPSA) is 73.2 Å². The van der Waals surface area contributed by atoms with E-state index in [9.17, 15) is 14.0 Å². The molecule has 140 valence electrons. The molecule has 0 aliphatic carbocycles. The molecule has 0 atom stereocenters. The highest BCUT2D eigenvalue weighted by atomic mass is 35.5. The molecule has 1 amide bonds. The normalized spacial score (nSPS) is 10.7. The van der Waals surface area contributed by atoms with Gasteiger partial charge in [0.1, 0.15) is 16.5 Å². The van der Waals surface area contributed by atoms with E-state index in [0.717, 1.165) is 18.9 Å². The third-order valence-corrected chi connectivity index (χ3v) is 4.15. The van der Waals surface area contributed by atoms with Crippen molar-refractivity contribution in [2.24, 2.45) is 0 Å². The molecule has 1 N–H and O–H groups in total. The van der Waals surface area contributed by atoms with Gasteiger partial charge in [-0.3, -0.25) is 9.48 Å². The van der Waals surface area contributed by atoms with Gasteiger partial charge < -0.3 is 10.1 Å². The molecule has 0 fully saturated rings. The van der Waals surface area contributed by atoms with Gasteiger partial charge in [-0.2, -0.15) is 5.10 Å². The van der Waals surface area contributed by atoms with Crippen molar-refractivity contribution in [3.05, 3.63) is 45.4 Å². The smallest absolute Gasteiger partial charge is 0.343 e. The number of carbonyl (C=O) groups is 2. The highest BCUT2D eigenvalue weighted by molar-refractivity contribution is 6.32. The zero-order chi connectivity index (χ0) is 19.3. The van der Waals surface area contributed by atoms with Crippen LogP contribution in [-0.2, 0) is 16.1 Å². The Bertz CT molecular complexity index is 824. The maximum absolute atomic E-state index is 13.6. The number of anilines is 1. The van der Waals surface area contributed by atoms with Crippen molar-refractivity contribution in [1.82, 2.24) is 9.78 Å². The van der Waals surface area contributed by atoms with Crippen LogP contribution in [0, 0.1) is 12.7 Å². The Balaban J connectivity index is 1.99. The Morgan fingerprint density at radius 3 is 2.77 bits per heavy atom. The number of unbranched alkanes of at least 4 members (excludes halogenated alkanes) is 1. The van der Waals surface area contributed by atoms with Gasteiger partial charge in [0.2, 0.25) is 0 Å². The van der Waals surface area contributed by atoms with Crippen molar-refractivity contribution in [1.29, 1.82) is 0 Å². The molecule has 26 heavy (non-hydrogen) atoms. The number of ether oxygens (including phenoxy) is 1. The monoisotopic (exact) mass is 401 g/mol. The van der Waals surface area contributed by atoms with E-state index in [-0.39, 0.29) is 21.4 Å². The van der Waals surface area contributed by atoms with Gasteiger partial charge in [-0.1, -0.05) is 36.5 Å². The first-order valence-electron chi connectivity index (χ1n) is 7.98. The lowest BCUT2D eigenvalue weighted by Crippen LogP contribution is -2.21. The molecule has 0 aliphatic rings. The lowest BCUT2D eigenvalue weighted by molar-refractivity contribution is -0.119. The van der Waals surface area contributed by atoms with Crippen LogP contribution >= 0.6 is 23.2 Å². The summed E-state index contributed by atoms with van der Waals surface area (Å²) in [4.78, 5) is 24.1. The van der Waals surface area contributed by atoms with E-state index in [4.69, 9.17) is 27.9 Å². The second-order valence-corrected chi connectivity index (χ2v) is 6.37. The minimum atomic E-state index is -0.767. The van der Waals surface area contributed by atoms with E-state index in [1.54, 1.807) is 6.92 Å². The molecule has 0 saturated heterocycles. The van der Waals surface area contributed by atoms with Crippen molar-refractivity contribution in [3.8, 4) is 0 Å². The molecule has 0 spiro atoms. The zero-order valence-electron chi connectivity index (χ0n) is 14.3. The van der Waals surface area contributed by atoms with Crippen LogP contribution in [0.5, 0.6) is 0 Å². The number of halogens is 3. The Labute approximate surface area is 160 Å².